The van der Waals surface area contributed by atoms with Crippen LogP contribution in [-0.2, 0) is 20.5 Å². The average Bonchev–Trinajstić information content (AvgIpc) is 3.47. The van der Waals surface area contributed by atoms with Gasteiger partial charge in [0.25, 0.3) is 16.1 Å². The van der Waals surface area contributed by atoms with Crippen LogP contribution in [0.1, 0.15) is 59.7 Å². The minimum absolute atomic E-state index is 0.0613. The van der Waals surface area contributed by atoms with Crippen molar-refractivity contribution in [2.45, 2.75) is 44.2 Å². The fraction of sp³-hybridized carbons (Fsp3) is 0.417. The van der Waals surface area contributed by atoms with Crippen molar-refractivity contribution in [3.05, 3.63) is 107 Å². The summed E-state index contributed by atoms with van der Waals surface area (Å²) in [5.41, 5.74) is 0.908. The Hall–Kier alpha value is -4.44. The van der Waals surface area contributed by atoms with Gasteiger partial charge in [0.1, 0.15) is 5.82 Å². The zero-order chi connectivity index (χ0) is 33.6. The Morgan fingerprint density at radius 2 is 1.50 bits per heavy atom. The topological polar surface area (TPSA) is 131 Å². The van der Waals surface area contributed by atoms with E-state index in [4.69, 9.17) is 0 Å². The monoisotopic (exact) mass is 665 g/mol. The molecule has 11 nitrogen and oxygen atoms in total. The predicted molar refractivity (Wildman–Crippen MR) is 178 cm³/mol. The molecule has 1 unspecified atom stereocenters. The molecule has 2 aromatic heterocycles. The molecule has 4 aliphatic rings. The molecule has 1 aromatic carbocycles. The smallest absolute Gasteiger partial charge is 0.281 e. The molecule has 0 spiro atoms. The van der Waals surface area contributed by atoms with Gasteiger partial charge in [-0.15, -0.1) is 0 Å². The van der Waals surface area contributed by atoms with Crippen molar-refractivity contribution >= 4 is 21.9 Å². The highest BCUT2D eigenvalue weighted by atomic mass is 32.2. The van der Waals surface area contributed by atoms with Crippen LogP contribution in [0.2, 0.25) is 0 Å². The normalized spacial score (nSPS) is 25.3. The lowest BCUT2D eigenvalue weighted by Crippen LogP contribution is -2.49. The summed E-state index contributed by atoms with van der Waals surface area (Å²) in [4.78, 5) is 40.8. The van der Waals surface area contributed by atoms with Crippen molar-refractivity contribution < 1.29 is 18.0 Å². The van der Waals surface area contributed by atoms with E-state index in [1.54, 1.807) is 62.6 Å². The molecule has 5 heterocycles. The van der Waals surface area contributed by atoms with Gasteiger partial charge in [-0.1, -0.05) is 19.8 Å². The molecule has 48 heavy (non-hydrogen) atoms. The standard InChI is InChI=1S/C36H39N7O4S/c1-3-4-25-13-19-41(20-14-25)48(46,47)42-23-30-31(24-42)34(30)43-33(21-32(44)27-7-5-26(22-37)6-8-27)40(2)36(35(43)45,28-9-15-38-16-10-28)29-11-17-39-18-12-29/h5-12,15-18,21,25,30-31,34H,3-4,13-14,19-20,23-24H2,1-2H3/t30-,31+,34?. The van der Waals surface area contributed by atoms with Crippen molar-refractivity contribution in [2.75, 3.05) is 33.2 Å². The van der Waals surface area contributed by atoms with Crippen molar-refractivity contribution in [3.63, 3.8) is 0 Å². The van der Waals surface area contributed by atoms with Crippen LogP contribution in [-0.4, -0.2) is 87.8 Å². The molecule has 1 aliphatic carbocycles. The summed E-state index contributed by atoms with van der Waals surface area (Å²) < 4.78 is 30.7. The molecule has 1 saturated carbocycles. The Labute approximate surface area is 281 Å². The van der Waals surface area contributed by atoms with Crippen LogP contribution in [0.25, 0.3) is 0 Å². The van der Waals surface area contributed by atoms with Gasteiger partial charge in [0.05, 0.1) is 11.6 Å². The summed E-state index contributed by atoms with van der Waals surface area (Å²) >= 11 is 0. The Bertz CT molecular complexity index is 1820. The van der Waals surface area contributed by atoms with E-state index in [1.165, 1.54) is 6.08 Å². The number of ketones is 1. The SMILES string of the molecule is CCCC1CCN(S(=O)(=O)N2C[C@@H]3C(N4C(=O)C(c5ccncc5)(c5ccncc5)N(C)C4=CC(=O)c4ccc(C#N)cc4)[C@@H]3C2)CC1. The maximum Gasteiger partial charge on any atom is 0.281 e. The van der Waals surface area contributed by atoms with Gasteiger partial charge >= 0.3 is 0 Å². The highest BCUT2D eigenvalue weighted by Crippen LogP contribution is 2.56. The first-order valence-electron chi connectivity index (χ1n) is 16.6. The number of carbonyl (C=O) groups excluding carboxylic acids is 2. The summed E-state index contributed by atoms with van der Waals surface area (Å²) in [6, 6.07) is 15.4. The molecule has 0 bridgehead atoms. The van der Waals surface area contributed by atoms with Gasteiger partial charge in [-0.3, -0.25) is 24.5 Å². The fourth-order valence-electron chi connectivity index (χ4n) is 8.13. The average molecular weight is 666 g/mol. The number of likely N-dealkylation sites (N-methyl/N-ethyl adjacent to an activating group) is 1. The van der Waals surface area contributed by atoms with Gasteiger partial charge < -0.3 is 4.90 Å². The predicted octanol–water partition coefficient (Wildman–Crippen LogP) is 3.78. The molecule has 248 valence electrons. The van der Waals surface area contributed by atoms with Crippen LogP contribution in [0.4, 0.5) is 0 Å². The van der Waals surface area contributed by atoms with Gasteiger partial charge in [0, 0.05) is 87.5 Å². The van der Waals surface area contributed by atoms with Crippen LogP contribution in [0, 0.1) is 29.1 Å². The third kappa shape index (κ3) is 5.21. The van der Waals surface area contributed by atoms with Crippen LogP contribution < -0.4 is 0 Å². The minimum Gasteiger partial charge on any atom is -0.339 e. The van der Waals surface area contributed by atoms with Crippen LogP contribution in [0.5, 0.6) is 0 Å². The largest absolute Gasteiger partial charge is 0.339 e. The van der Waals surface area contributed by atoms with E-state index in [0.717, 1.165) is 25.7 Å². The molecular weight excluding hydrogens is 627 g/mol. The second-order valence-corrected chi connectivity index (χ2v) is 15.2. The first-order valence-corrected chi connectivity index (χ1v) is 18.0. The molecule has 7 rings (SSSR count). The number of nitriles is 1. The van der Waals surface area contributed by atoms with Gasteiger partial charge in [0.15, 0.2) is 11.3 Å². The van der Waals surface area contributed by atoms with E-state index in [-0.39, 0.29) is 29.6 Å². The van der Waals surface area contributed by atoms with Crippen LogP contribution in [0.15, 0.2) is 85.2 Å². The number of carbonyl (C=O) groups is 2. The van der Waals surface area contributed by atoms with E-state index in [1.807, 2.05) is 36.2 Å². The van der Waals surface area contributed by atoms with Crippen molar-refractivity contribution in [1.82, 2.24) is 28.4 Å². The molecule has 3 saturated heterocycles. The summed E-state index contributed by atoms with van der Waals surface area (Å²) in [5.74, 6) is 0.376. The van der Waals surface area contributed by atoms with Gasteiger partial charge in [-0.2, -0.15) is 22.3 Å². The minimum atomic E-state index is -3.61. The molecule has 3 aromatic rings. The molecule has 4 fully saturated rings. The third-order valence-corrected chi connectivity index (χ3v) is 12.7. The quantitative estimate of drug-likeness (QED) is 0.250. The summed E-state index contributed by atoms with van der Waals surface area (Å²) in [6.45, 7) is 3.91. The van der Waals surface area contributed by atoms with E-state index in [0.29, 0.717) is 60.2 Å². The number of rotatable bonds is 9. The maximum atomic E-state index is 15.1. The molecule has 0 radical (unpaired) electrons. The summed E-state index contributed by atoms with van der Waals surface area (Å²) in [7, 11) is -1.80. The van der Waals surface area contributed by atoms with E-state index < -0.39 is 15.7 Å². The van der Waals surface area contributed by atoms with E-state index >= 15 is 4.79 Å². The second-order valence-electron chi connectivity index (χ2n) is 13.2. The lowest BCUT2D eigenvalue weighted by molar-refractivity contribution is -0.132. The molecule has 3 atom stereocenters. The highest BCUT2D eigenvalue weighted by molar-refractivity contribution is 7.86. The number of nitrogens with zero attached hydrogens (tertiary/aromatic N) is 7. The summed E-state index contributed by atoms with van der Waals surface area (Å²) in [6.07, 6.45) is 12.1. The van der Waals surface area contributed by atoms with Crippen LogP contribution >= 0.6 is 0 Å². The Balaban J connectivity index is 1.23. The molecule has 3 aliphatic heterocycles. The number of piperidine rings is 2. The molecule has 1 amide bonds. The number of pyridine rings is 2. The fourth-order valence-corrected chi connectivity index (χ4v) is 9.85. The third-order valence-electron chi connectivity index (χ3n) is 10.7. The van der Waals surface area contributed by atoms with E-state index in [2.05, 4.69) is 23.0 Å². The number of fused-ring (bicyclic) bond motifs is 1. The van der Waals surface area contributed by atoms with Crippen molar-refractivity contribution in [2.24, 2.45) is 17.8 Å². The van der Waals surface area contributed by atoms with E-state index in [9.17, 15) is 18.5 Å². The van der Waals surface area contributed by atoms with Crippen molar-refractivity contribution in [3.8, 4) is 6.07 Å². The Morgan fingerprint density at radius 3 is 2.02 bits per heavy atom. The Kier molecular flexibility index (Phi) is 8.39. The number of allylic oxidation sites excluding steroid dienone is 1. The zero-order valence-electron chi connectivity index (χ0n) is 27.1. The van der Waals surface area contributed by atoms with Crippen molar-refractivity contribution in [1.29, 1.82) is 5.26 Å². The van der Waals surface area contributed by atoms with Gasteiger partial charge in [-0.05, 0) is 78.4 Å². The molecule has 0 N–H and O–H groups in total. The number of benzene rings is 1. The molecule has 12 heteroatoms. The number of amides is 1. The number of hydrogen-bond acceptors (Lipinski definition) is 8. The second kappa shape index (κ2) is 12.5. The van der Waals surface area contributed by atoms with Gasteiger partial charge in [-0.25, -0.2) is 0 Å². The summed E-state index contributed by atoms with van der Waals surface area (Å²) in [5, 5.41) is 9.24. The van der Waals surface area contributed by atoms with Crippen LogP contribution in [0.3, 0.4) is 0 Å². The lowest BCUT2D eigenvalue weighted by atomic mass is 9.82. The lowest BCUT2D eigenvalue weighted by Gasteiger charge is -2.35. The first-order chi connectivity index (χ1) is 23.2. The highest BCUT2D eigenvalue weighted by Gasteiger charge is 2.68. The number of hydrogen-bond donors (Lipinski definition) is 0. The Morgan fingerprint density at radius 1 is 0.938 bits per heavy atom. The van der Waals surface area contributed by atoms with Gasteiger partial charge in [0.2, 0.25) is 0 Å². The first kappa shape index (κ1) is 32.1. The number of aromatic nitrogens is 2. The zero-order valence-corrected chi connectivity index (χ0v) is 28.0. The maximum absolute atomic E-state index is 15.1. The molecular formula is C36H39N7O4S.